The molecule has 1 aliphatic rings. The lowest BCUT2D eigenvalue weighted by Crippen LogP contribution is -2.18. The third kappa shape index (κ3) is 3.98. The van der Waals surface area contributed by atoms with Crippen LogP contribution >= 0.6 is 23.1 Å². The zero-order chi connectivity index (χ0) is 13.2. The third-order valence-electron chi connectivity index (χ3n) is 3.04. The predicted molar refractivity (Wildman–Crippen MR) is 83.6 cm³/mol. The van der Waals surface area contributed by atoms with Crippen molar-refractivity contribution in [3.05, 3.63) is 21.9 Å². The summed E-state index contributed by atoms with van der Waals surface area (Å²) >= 11 is 3.97. The van der Waals surface area contributed by atoms with Crippen LogP contribution in [0.3, 0.4) is 0 Å². The van der Waals surface area contributed by atoms with Gasteiger partial charge in [0.25, 0.3) is 0 Å². The smallest absolute Gasteiger partial charge is 0.0340 e. The number of hydrogen-bond acceptors (Lipinski definition) is 4. The lowest BCUT2D eigenvalue weighted by Gasteiger charge is -2.22. The average molecular weight is 284 g/mol. The maximum Gasteiger partial charge on any atom is 0.0340 e. The number of nitrogens with one attached hydrogen (secondary N) is 2. The van der Waals surface area contributed by atoms with E-state index in [1.807, 2.05) is 18.4 Å². The summed E-state index contributed by atoms with van der Waals surface area (Å²) in [4.78, 5) is 1.43. The summed E-state index contributed by atoms with van der Waals surface area (Å²) in [5.41, 5.74) is 1.47. The fourth-order valence-corrected chi connectivity index (χ4v) is 4.81. The van der Waals surface area contributed by atoms with E-state index in [4.69, 9.17) is 0 Å². The van der Waals surface area contributed by atoms with Crippen molar-refractivity contribution < 1.29 is 0 Å². The summed E-state index contributed by atoms with van der Waals surface area (Å²) in [5.74, 6) is 0. The van der Waals surface area contributed by atoms with Crippen LogP contribution in [0, 0.1) is 0 Å². The van der Waals surface area contributed by atoms with E-state index in [0.29, 0.717) is 10.8 Å². The van der Waals surface area contributed by atoms with E-state index in [-0.39, 0.29) is 0 Å². The van der Waals surface area contributed by atoms with Gasteiger partial charge < -0.3 is 10.6 Å². The molecule has 1 aliphatic heterocycles. The minimum atomic E-state index is 0.368. The van der Waals surface area contributed by atoms with E-state index in [2.05, 4.69) is 54.6 Å². The molecule has 4 heteroatoms. The molecule has 2 atom stereocenters. The minimum absolute atomic E-state index is 0.368. The molecule has 102 valence electrons. The van der Waals surface area contributed by atoms with E-state index >= 15 is 0 Å². The molecule has 0 spiro atoms. The highest BCUT2D eigenvalue weighted by atomic mass is 32.2. The summed E-state index contributed by atoms with van der Waals surface area (Å²) < 4.78 is 0.368. The van der Waals surface area contributed by atoms with E-state index in [9.17, 15) is 0 Å². The first-order valence-electron chi connectivity index (χ1n) is 6.61. The van der Waals surface area contributed by atoms with Crippen LogP contribution in [-0.4, -0.2) is 23.6 Å². The van der Waals surface area contributed by atoms with Gasteiger partial charge in [0.1, 0.15) is 0 Å². The number of thiophene rings is 1. The molecule has 0 aliphatic carbocycles. The van der Waals surface area contributed by atoms with Crippen molar-refractivity contribution in [2.24, 2.45) is 0 Å². The van der Waals surface area contributed by atoms with E-state index in [0.717, 1.165) is 18.3 Å². The SMILES string of the molecule is CNCc1cc(C2CC(SC(C)(C)C)CN2)cs1. The van der Waals surface area contributed by atoms with Gasteiger partial charge in [-0.3, -0.25) is 0 Å². The summed E-state index contributed by atoms with van der Waals surface area (Å²) in [6.07, 6.45) is 1.26. The second kappa shape index (κ2) is 5.95. The summed E-state index contributed by atoms with van der Waals surface area (Å²) in [6, 6.07) is 2.91. The Labute approximate surface area is 119 Å². The number of rotatable bonds is 4. The first-order chi connectivity index (χ1) is 8.48. The maximum absolute atomic E-state index is 3.67. The van der Waals surface area contributed by atoms with E-state index in [1.165, 1.54) is 16.9 Å². The van der Waals surface area contributed by atoms with Gasteiger partial charge in [0.2, 0.25) is 0 Å². The summed E-state index contributed by atoms with van der Waals surface area (Å²) in [5, 5.41) is 9.95. The quantitative estimate of drug-likeness (QED) is 0.886. The molecule has 0 radical (unpaired) electrons. The van der Waals surface area contributed by atoms with Crippen LogP contribution in [0.5, 0.6) is 0 Å². The van der Waals surface area contributed by atoms with Gasteiger partial charge in [-0.1, -0.05) is 20.8 Å². The largest absolute Gasteiger partial charge is 0.315 e. The molecule has 1 aromatic heterocycles. The molecule has 0 saturated carbocycles. The van der Waals surface area contributed by atoms with Gasteiger partial charge in [-0.2, -0.15) is 11.8 Å². The Morgan fingerprint density at radius 3 is 2.94 bits per heavy atom. The standard InChI is InChI=1S/C14H24N2S2/c1-14(2,3)18-12-6-13(16-8-12)10-5-11(7-15-4)17-9-10/h5,9,12-13,15-16H,6-8H2,1-4H3. The monoisotopic (exact) mass is 284 g/mol. The summed E-state index contributed by atoms with van der Waals surface area (Å²) in [6.45, 7) is 9.04. The molecular weight excluding hydrogens is 260 g/mol. The van der Waals surface area contributed by atoms with Crippen molar-refractivity contribution in [2.45, 2.75) is 49.8 Å². The van der Waals surface area contributed by atoms with Crippen molar-refractivity contribution in [3.63, 3.8) is 0 Å². The van der Waals surface area contributed by atoms with Crippen LogP contribution in [0.1, 0.15) is 43.7 Å². The normalized spacial score (nSPS) is 24.7. The molecule has 1 saturated heterocycles. The molecule has 0 bridgehead atoms. The average Bonchev–Trinajstić information content (AvgIpc) is 2.85. The molecule has 1 fully saturated rings. The fourth-order valence-electron chi connectivity index (χ4n) is 2.39. The fraction of sp³-hybridized carbons (Fsp3) is 0.714. The molecular formula is C14H24N2S2. The van der Waals surface area contributed by atoms with Crippen LogP contribution in [0.4, 0.5) is 0 Å². The highest BCUT2D eigenvalue weighted by Gasteiger charge is 2.29. The molecule has 2 rings (SSSR count). The van der Waals surface area contributed by atoms with Crippen LogP contribution in [0.15, 0.2) is 11.4 Å². The second-order valence-electron chi connectivity index (χ2n) is 5.93. The van der Waals surface area contributed by atoms with Crippen molar-refractivity contribution in [1.82, 2.24) is 10.6 Å². The first-order valence-corrected chi connectivity index (χ1v) is 8.37. The molecule has 0 amide bonds. The Morgan fingerprint density at radius 1 is 1.50 bits per heavy atom. The zero-order valence-electron chi connectivity index (χ0n) is 11.7. The minimum Gasteiger partial charge on any atom is -0.315 e. The topological polar surface area (TPSA) is 24.1 Å². The number of hydrogen-bond donors (Lipinski definition) is 2. The maximum atomic E-state index is 3.67. The third-order valence-corrected chi connectivity index (χ3v) is 5.39. The van der Waals surface area contributed by atoms with Gasteiger partial charge in [0.05, 0.1) is 0 Å². The van der Waals surface area contributed by atoms with Crippen LogP contribution < -0.4 is 10.6 Å². The summed E-state index contributed by atoms with van der Waals surface area (Å²) in [7, 11) is 2.00. The van der Waals surface area contributed by atoms with Gasteiger partial charge in [0.15, 0.2) is 0 Å². The van der Waals surface area contributed by atoms with Crippen molar-refractivity contribution in [1.29, 1.82) is 0 Å². The van der Waals surface area contributed by atoms with Gasteiger partial charge >= 0.3 is 0 Å². The van der Waals surface area contributed by atoms with Gasteiger partial charge in [-0.15, -0.1) is 11.3 Å². The van der Waals surface area contributed by atoms with Crippen molar-refractivity contribution in [2.75, 3.05) is 13.6 Å². The van der Waals surface area contributed by atoms with Gasteiger partial charge in [-0.25, -0.2) is 0 Å². The highest BCUT2D eigenvalue weighted by Crippen LogP contribution is 2.37. The van der Waals surface area contributed by atoms with Crippen LogP contribution in [0.25, 0.3) is 0 Å². The van der Waals surface area contributed by atoms with E-state index in [1.54, 1.807) is 0 Å². The second-order valence-corrected chi connectivity index (χ2v) is 9.05. The predicted octanol–water partition coefficient (Wildman–Crippen LogP) is 3.40. The van der Waals surface area contributed by atoms with Crippen LogP contribution in [-0.2, 0) is 6.54 Å². The highest BCUT2D eigenvalue weighted by molar-refractivity contribution is 8.01. The molecule has 2 N–H and O–H groups in total. The Bertz CT molecular complexity index is 381. The molecule has 1 aromatic rings. The Kier molecular flexibility index (Phi) is 4.75. The zero-order valence-corrected chi connectivity index (χ0v) is 13.4. The Balaban J connectivity index is 1.91. The molecule has 2 heterocycles. The number of thioether (sulfide) groups is 1. The Morgan fingerprint density at radius 2 is 2.28 bits per heavy atom. The van der Waals surface area contributed by atoms with Gasteiger partial charge in [-0.05, 0) is 30.5 Å². The molecule has 18 heavy (non-hydrogen) atoms. The van der Waals surface area contributed by atoms with E-state index < -0.39 is 0 Å². The van der Waals surface area contributed by atoms with Gasteiger partial charge in [0, 0.05) is 34.0 Å². The molecule has 2 unspecified atom stereocenters. The lowest BCUT2D eigenvalue weighted by atomic mass is 10.1. The molecule has 0 aromatic carbocycles. The Hall–Kier alpha value is -0.0300. The lowest BCUT2D eigenvalue weighted by molar-refractivity contribution is 0.649. The molecule has 2 nitrogen and oxygen atoms in total. The first kappa shape index (κ1) is 14.4. The van der Waals surface area contributed by atoms with Crippen molar-refractivity contribution >= 4 is 23.1 Å². The van der Waals surface area contributed by atoms with Crippen molar-refractivity contribution in [3.8, 4) is 0 Å². The van der Waals surface area contributed by atoms with Crippen LogP contribution in [0.2, 0.25) is 0 Å².